The van der Waals surface area contributed by atoms with Crippen molar-refractivity contribution in [1.82, 2.24) is 9.97 Å². The summed E-state index contributed by atoms with van der Waals surface area (Å²) in [5.41, 5.74) is 1.00. The number of carboxylic acid groups (broad SMARTS) is 1. The summed E-state index contributed by atoms with van der Waals surface area (Å²) in [4.78, 5) is 19.3. The number of nitrogens with one attached hydrogen (secondary N) is 2. The highest BCUT2D eigenvalue weighted by molar-refractivity contribution is 5.88. The van der Waals surface area contributed by atoms with Crippen LogP contribution in [0.5, 0.6) is 0 Å². The van der Waals surface area contributed by atoms with Crippen molar-refractivity contribution in [1.29, 1.82) is 0 Å². The molecule has 2 rings (SSSR count). The van der Waals surface area contributed by atoms with E-state index in [0.29, 0.717) is 18.4 Å². The van der Waals surface area contributed by atoms with E-state index in [2.05, 4.69) is 20.6 Å². The first-order chi connectivity index (χ1) is 10.7. The van der Waals surface area contributed by atoms with Crippen LogP contribution < -0.4 is 10.6 Å². The molecule has 0 saturated carbocycles. The molecule has 0 radical (unpaired) electrons. The van der Waals surface area contributed by atoms with Crippen molar-refractivity contribution >= 4 is 23.4 Å². The van der Waals surface area contributed by atoms with Gasteiger partial charge in [0.2, 0.25) is 5.95 Å². The van der Waals surface area contributed by atoms with Gasteiger partial charge in [-0.1, -0.05) is 0 Å². The highest BCUT2D eigenvalue weighted by atomic mass is 16.5. The van der Waals surface area contributed by atoms with E-state index in [1.165, 1.54) is 12.1 Å². The summed E-state index contributed by atoms with van der Waals surface area (Å²) in [6.45, 7) is 1.41. The number of ether oxygens (including phenoxy) is 1. The number of benzene rings is 1. The molecule has 0 unspecified atom stereocenters. The summed E-state index contributed by atoms with van der Waals surface area (Å²) < 4.78 is 4.97. The van der Waals surface area contributed by atoms with Crippen LogP contribution in [-0.4, -0.2) is 41.3 Å². The molecule has 0 atom stereocenters. The van der Waals surface area contributed by atoms with Gasteiger partial charge in [0.25, 0.3) is 0 Å². The van der Waals surface area contributed by atoms with Crippen LogP contribution >= 0.6 is 0 Å². The van der Waals surface area contributed by atoms with E-state index in [4.69, 9.17) is 9.84 Å². The van der Waals surface area contributed by atoms with Gasteiger partial charge in [-0.15, -0.1) is 0 Å². The van der Waals surface area contributed by atoms with Gasteiger partial charge in [0, 0.05) is 32.1 Å². The van der Waals surface area contributed by atoms with Crippen molar-refractivity contribution in [3.8, 4) is 0 Å². The van der Waals surface area contributed by atoms with E-state index in [-0.39, 0.29) is 5.56 Å². The lowest BCUT2D eigenvalue weighted by Crippen LogP contribution is -2.08. The highest BCUT2D eigenvalue weighted by Gasteiger charge is 2.03. The average Bonchev–Trinajstić information content (AvgIpc) is 2.52. The molecule has 0 aliphatic rings. The number of aromatic carboxylic acids is 1. The van der Waals surface area contributed by atoms with Gasteiger partial charge in [-0.2, -0.15) is 4.98 Å². The van der Waals surface area contributed by atoms with Crippen LogP contribution in [0.25, 0.3) is 0 Å². The largest absolute Gasteiger partial charge is 0.478 e. The molecule has 0 fully saturated rings. The van der Waals surface area contributed by atoms with E-state index in [1.54, 1.807) is 31.5 Å². The first-order valence-electron chi connectivity index (χ1n) is 6.85. The standard InChI is InChI=1S/C15H18N4O3/c1-22-10-2-8-16-15-17-9-7-13(19-15)18-12-5-3-11(4-6-12)14(20)21/h3-7,9H,2,8,10H2,1H3,(H,20,21)(H2,16,17,18,19). The summed E-state index contributed by atoms with van der Waals surface area (Å²) >= 11 is 0. The van der Waals surface area contributed by atoms with Crippen molar-refractivity contribution in [2.24, 2.45) is 0 Å². The van der Waals surface area contributed by atoms with Gasteiger partial charge in [-0.3, -0.25) is 0 Å². The minimum absolute atomic E-state index is 0.244. The Labute approximate surface area is 128 Å². The molecular formula is C15H18N4O3. The number of aromatic nitrogens is 2. The van der Waals surface area contributed by atoms with Crippen molar-refractivity contribution in [3.05, 3.63) is 42.1 Å². The number of methoxy groups -OCH3 is 1. The average molecular weight is 302 g/mol. The van der Waals surface area contributed by atoms with Crippen molar-refractivity contribution in [2.75, 3.05) is 30.9 Å². The number of carbonyl (C=O) groups is 1. The molecule has 3 N–H and O–H groups in total. The first kappa shape index (κ1) is 15.7. The molecule has 2 aromatic rings. The van der Waals surface area contributed by atoms with E-state index in [0.717, 1.165) is 18.7 Å². The number of hydrogen-bond acceptors (Lipinski definition) is 6. The second-order valence-electron chi connectivity index (χ2n) is 4.55. The van der Waals surface area contributed by atoms with E-state index in [9.17, 15) is 4.79 Å². The topological polar surface area (TPSA) is 96.4 Å². The summed E-state index contributed by atoms with van der Waals surface area (Å²) in [6.07, 6.45) is 2.52. The lowest BCUT2D eigenvalue weighted by molar-refractivity contribution is 0.0697. The molecule has 0 amide bonds. The van der Waals surface area contributed by atoms with Gasteiger partial charge >= 0.3 is 5.97 Å². The normalized spacial score (nSPS) is 10.2. The Morgan fingerprint density at radius 1 is 1.27 bits per heavy atom. The molecule has 0 saturated heterocycles. The molecule has 1 aromatic carbocycles. The summed E-state index contributed by atoms with van der Waals surface area (Å²) in [5.74, 6) is 0.215. The summed E-state index contributed by atoms with van der Waals surface area (Å²) in [6, 6.07) is 8.20. The molecule has 1 aromatic heterocycles. The van der Waals surface area contributed by atoms with Crippen LogP contribution in [0.1, 0.15) is 16.8 Å². The molecule has 7 nitrogen and oxygen atoms in total. The number of anilines is 3. The Morgan fingerprint density at radius 2 is 2.05 bits per heavy atom. The zero-order valence-corrected chi connectivity index (χ0v) is 12.2. The van der Waals surface area contributed by atoms with Crippen LogP contribution in [0.4, 0.5) is 17.5 Å². The first-order valence-corrected chi connectivity index (χ1v) is 6.85. The molecule has 0 spiro atoms. The van der Waals surface area contributed by atoms with Crippen LogP contribution in [0.15, 0.2) is 36.5 Å². The third-order valence-corrected chi connectivity index (χ3v) is 2.87. The Bertz CT molecular complexity index is 616. The SMILES string of the molecule is COCCCNc1nccc(Nc2ccc(C(=O)O)cc2)n1. The van der Waals surface area contributed by atoms with Crippen molar-refractivity contribution in [3.63, 3.8) is 0 Å². The zero-order chi connectivity index (χ0) is 15.8. The molecule has 0 aliphatic heterocycles. The number of hydrogen-bond donors (Lipinski definition) is 3. The third-order valence-electron chi connectivity index (χ3n) is 2.87. The number of rotatable bonds is 8. The fraction of sp³-hybridized carbons (Fsp3) is 0.267. The van der Waals surface area contributed by atoms with E-state index < -0.39 is 5.97 Å². The maximum Gasteiger partial charge on any atom is 0.335 e. The predicted octanol–water partition coefficient (Wildman–Crippen LogP) is 2.37. The van der Waals surface area contributed by atoms with Crippen LogP contribution in [0.2, 0.25) is 0 Å². The van der Waals surface area contributed by atoms with Gasteiger partial charge in [0.1, 0.15) is 5.82 Å². The Morgan fingerprint density at radius 3 is 2.73 bits per heavy atom. The molecule has 0 bridgehead atoms. The summed E-state index contributed by atoms with van der Waals surface area (Å²) in [7, 11) is 1.66. The van der Waals surface area contributed by atoms with Gasteiger partial charge < -0.3 is 20.5 Å². The highest BCUT2D eigenvalue weighted by Crippen LogP contribution is 2.16. The molecular weight excluding hydrogens is 284 g/mol. The van der Waals surface area contributed by atoms with Gasteiger partial charge in [-0.25, -0.2) is 9.78 Å². The maximum absolute atomic E-state index is 10.8. The molecule has 116 valence electrons. The van der Waals surface area contributed by atoms with Crippen LogP contribution in [0.3, 0.4) is 0 Å². The van der Waals surface area contributed by atoms with E-state index >= 15 is 0 Å². The smallest absolute Gasteiger partial charge is 0.335 e. The Hall–Kier alpha value is -2.67. The Balaban J connectivity index is 1.96. The van der Waals surface area contributed by atoms with Gasteiger partial charge in [0.05, 0.1) is 5.56 Å². The lowest BCUT2D eigenvalue weighted by Gasteiger charge is -2.08. The minimum atomic E-state index is -0.948. The second kappa shape index (κ2) is 7.94. The predicted molar refractivity (Wildman–Crippen MR) is 83.7 cm³/mol. The van der Waals surface area contributed by atoms with E-state index in [1.807, 2.05) is 0 Å². The number of carboxylic acids is 1. The maximum atomic E-state index is 10.8. The number of nitrogens with zero attached hydrogens (tertiary/aromatic N) is 2. The van der Waals surface area contributed by atoms with Crippen molar-refractivity contribution in [2.45, 2.75) is 6.42 Å². The fourth-order valence-electron chi connectivity index (χ4n) is 1.77. The zero-order valence-electron chi connectivity index (χ0n) is 12.2. The van der Waals surface area contributed by atoms with Gasteiger partial charge in [-0.05, 0) is 36.8 Å². The minimum Gasteiger partial charge on any atom is -0.478 e. The third kappa shape index (κ3) is 4.71. The monoisotopic (exact) mass is 302 g/mol. The summed E-state index contributed by atoms with van der Waals surface area (Å²) in [5, 5.41) is 15.1. The molecule has 7 heteroatoms. The Kier molecular flexibility index (Phi) is 5.67. The quantitative estimate of drug-likeness (QED) is 0.644. The lowest BCUT2D eigenvalue weighted by atomic mass is 10.2. The second-order valence-corrected chi connectivity index (χ2v) is 4.55. The van der Waals surface area contributed by atoms with Gasteiger partial charge in [0.15, 0.2) is 0 Å². The molecule has 22 heavy (non-hydrogen) atoms. The molecule has 1 heterocycles. The molecule has 0 aliphatic carbocycles. The van der Waals surface area contributed by atoms with Crippen LogP contribution in [0, 0.1) is 0 Å². The van der Waals surface area contributed by atoms with Crippen LogP contribution in [-0.2, 0) is 4.74 Å². The fourth-order valence-corrected chi connectivity index (χ4v) is 1.77. The van der Waals surface area contributed by atoms with Crippen molar-refractivity contribution < 1.29 is 14.6 Å².